The Labute approximate surface area is 208 Å². The summed E-state index contributed by atoms with van der Waals surface area (Å²) < 4.78 is 0.511. The zero-order valence-electron chi connectivity index (χ0n) is 14.3. The molecule has 3 atom stereocenters. The van der Waals surface area contributed by atoms with Gasteiger partial charge in [0.1, 0.15) is 16.7 Å². The summed E-state index contributed by atoms with van der Waals surface area (Å²) in [6.07, 6.45) is 2.24. The first-order valence-corrected chi connectivity index (χ1v) is 10.4. The number of aromatic amines is 1. The number of fused-ring (bicyclic) bond motifs is 2. The third-order valence-corrected chi connectivity index (χ3v) is 7.85. The van der Waals surface area contributed by atoms with E-state index in [1.54, 1.807) is 6.20 Å². The first-order valence-electron chi connectivity index (χ1n) is 7.52. The van der Waals surface area contributed by atoms with E-state index in [9.17, 15) is 19.8 Å². The zero-order valence-corrected chi connectivity index (χ0v) is 19.9. The third-order valence-electron chi connectivity index (χ3n) is 4.06. The van der Waals surface area contributed by atoms with E-state index in [4.69, 9.17) is 0 Å². The fraction of sp³-hybridized carbons (Fsp3) is 0.357. The Bertz CT molecular complexity index is 936. The number of nitrogens with one attached hydrogen (secondary N) is 1. The van der Waals surface area contributed by atoms with Gasteiger partial charge < -0.3 is 15.0 Å². The monoisotopic (exact) mass is 449 g/mol. The number of aliphatic hydroxyl groups excluding tert-OH is 1. The number of carboxylic acid groups (broad SMARTS) is 1. The maximum absolute atomic E-state index is 12.1. The van der Waals surface area contributed by atoms with Crippen molar-refractivity contribution in [2.45, 2.75) is 23.4 Å². The van der Waals surface area contributed by atoms with Gasteiger partial charge in [0.15, 0.2) is 5.65 Å². The number of carboxylic acids is 1. The van der Waals surface area contributed by atoms with Crippen molar-refractivity contribution in [3.8, 4) is 0 Å². The first kappa shape index (κ1) is 21.6. The fourth-order valence-corrected chi connectivity index (χ4v) is 7.01. The van der Waals surface area contributed by atoms with Crippen LogP contribution < -0.4 is 56.5 Å². The SMILES string of the molecule is C[C@@H](O)[C@H]1C(=O)N2C(C(=O)[O-])=C(SCSc3ncnc4[nH]ncc34)S[C@H]12.[K+]. The molecule has 0 spiro atoms. The number of aromatic nitrogens is 4. The van der Waals surface area contributed by atoms with Gasteiger partial charge in [0.2, 0.25) is 5.91 Å². The summed E-state index contributed by atoms with van der Waals surface area (Å²) in [6.45, 7) is 1.53. The molecule has 1 saturated heterocycles. The van der Waals surface area contributed by atoms with Crippen molar-refractivity contribution in [1.82, 2.24) is 25.1 Å². The van der Waals surface area contributed by atoms with Crippen LogP contribution in [0, 0.1) is 5.92 Å². The standard InChI is InChI=1S/C14H13N5O4S3.K/c1-5(20)7-11(21)19-8(13(22)23)14(26-12(7)19)25-4-24-10-6-2-17-18-9(6)15-3-16-10;/h2-3,5,7,12,20H,4H2,1H3,(H,22,23)(H,15,16,17,18);/q;+1/p-1/t5-,7+,12-;/m1./s1. The molecule has 0 bridgehead atoms. The molecule has 1 fully saturated rings. The Morgan fingerprint density at radius 2 is 2.26 bits per heavy atom. The first-order chi connectivity index (χ1) is 12.5. The van der Waals surface area contributed by atoms with Crippen LogP contribution in [0.3, 0.4) is 0 Å². The average Bonchev–Trinajstić information content (AvgIpc) is 3.17. The summed E-state index contributed by atoms with van der Waals surface area (Å²) in [7, 11) is 0. The molecule has 4 heterocycles. The molecule has 2 aliphatic heterocycles. The normalized spacial score (nSPS) is 22.4. The number of hydrogen-bond acceptors (Lipinski definition) is 10. The van der Waals surface area contributed by atoms with Gasteiger partial charge in [-0.2, -0.15) is 5.10 Å². The molecular formula is C14H12KN5O4S3. The fourth-order valence-electron chi connectivity index (χ4n) is 2.84. The Morgan fingerprint density at radius 1 is 1.48 bits per heavy atom. The van der Waals surface area contributed by atoms with Gasteiger partial charge in [-0.3, -0.25) is 14.8 Å². The molecule has 27 heavy (non-hydrogen) atoms. The Hall–Kier alpha value is -0.124. The van der Waals surface area contributed by atoms with Gasteiger partial charge in [-0.05, 0) is 6.92 Å². The second kappa shape index (κ2) is 8.71. The van der Waals surface area contributed by atoms with Crippen molar-refractivity contribution in [2.75, 3.05) is 5.08 Å². The molecule has 0 unspecified atom stereocenters. The number of thioether (sulfide) groups is 3. The summed E-state index contributed by atoms with van der Waals surface area (Å²) in [4.78, 5) is 33.1. The van der Waals surface area contributed by atoms with E-state index in [1.807, 2.05) is 0 Å². The number of aliphatic hydroxyl groups is 1. The van der Waals surface area contributed by atoms with E-state index in [1.165, 1.54) is 53.4 Å². The molecule has 0 saturated carbocycles. The maximum atomic E-state index is 12.1. The van der Waals surface area contributed by atoms with Crippen molar-refractivity contribution >= 4 is 58.2 Å². The third kappa shape index (κ3) is 3.85. The zero-order chi connectivity index (χ0) is 18.4. The number of rotatable bonds is 6. The molecule has 2 N–H and O–H groups in total. The van der Waals surface area contributed by atoms with Gasteiger partial charge in [0.25, 0.3) is 0 Å². The Morgan fingerprint density at radius 3 is 2.96 bits per heavy atom. The summed E-state index contributed by atoms with van der Waals surface area (Å²) in [5.41, 5.74) is 0.524. The summed E-state index contributed by atoms with van der Waals surface area (Å²) in [5, 5.41) is 29.6. The quantitative estimate of drug-likeness (QED) is 0.154. The van der Waals surface area contributed by atoms with Crippen LogP contribution in [-0.2, 0) is 9.59 Å². The molecule has 13 heteroatoms. The molecule has 2 aromatic heterocycles. The van der Waals surface area contributed by atoms with Gasteiger partial charge in [0.05, 0.1) is 44.6 Å². The predicted octanol–water partition coefficient (Wildman–Crippen LogP) is -3.03. The number of hydrogen-bond donors (Lipinski definition) is 2. The van der Waals surface area contributed by atoms with E-state index in [-0.39, 0.29) is 68.4 Å². The smallest absolute Gasteiger partial charge is 0.543 e. The van der Waals surface area contributed by atoms with E-state index in [0.29, 0.717) is 15.0 Å². The number of carbonyl (C=O) groups is 2. The van der Waals surface area contributed by atoms with Crippen LogP contribution in [0.2, 0.25) is 0 Å². The van der Waals surface area contributed by atoms with E-state index < -0.39 is 18.0 Å². The molecule has 4 rings (SSSR count). The molecule has 2 aromatic rings. The van der Waals surface area contributed by atoms with Gasteiger partial charge in [-0.25, -0.2) is 9.97 Å². The largest absolute Gasteiger partial charge is 1.00 e. The van der Waals surface area contributed by atoms with Crippen LogP contribution in [-0.4, -0.2) is 58.6 Å². The second-order valence-corrected chi connectivity index (χ2v) is 9.32. The minimum Gasteiger partial charge on any atom is -0.543 e. The van der Waals surface area contributed by atoms with E-state index in [2.05, 4.69) is 20.2 Å². The maximum Gasteiger partial charge on any atom is 1.00 e. The molecule has 136 valence electrons. The van der Waals surface area contributed by atoms with Gasteiger partial charge in [0, 0.05) is 0 Å². The topological polar surface area (TPSA) is 135 Å². The number of nitrogens with zero attached hydrogens (tertiary/aromatic N) is 4. The van der Waals surface area contributed by atoms with E-state index >= 15 is 0 Å². The number of amides is 1. The van der Waals surface area contributed by atoms with Crippen LogP contribution in [0.5, 0.6) is 0 Å². The predicted molar refractivity (Wildman–Crippen MR) is 95.4 cm³/mol. The molecule has 0 radical (unpaired) electrons. The molecular weight excluding hydrogens is 437 g/mol. The van der Waals surface area contributed by atoms with Crippen molar-refractivity contribution < 1.29 is 71.2 Å². The van der Waals surface area contributed by atoms with Crippen LogP contribution in [0.1, 0.15) is 6.92 Å². The van der Waals surface area contributed by atoms with Gasteiger partial charge in [-0.1, -0.05) is 23.5 Å². The molecule has 0 aromatic carbocycles. The summed E-state index contributed by atoms with van der Waals surface area (Å²) >= 11 is 4.01. The number of β-lactam (4-membered cyclic amide) rings is 1. The van der Waals surface area contributed by atoms with Crippen molar-refractivity contribution in [3.05, 3.63) is 22.5 Å². The van der Waals surface area contributed by atoms with Crippen LogP contribution in [0.4, 0.5) is 0 Å². The number of carbonyl (C=O) groups excluding carboxylic acids is 2. The second-order valence-electron chi connectivity index (χ2n) is 5.62. The minimum absolute atomic E-state index is 0. The summed E-state index contributed by atoms with van der Waals surface area (Å²) in [6, 6.07) is 0. The molecule has 2 aliphatic rings. The summed E-state index contributed by atoms with van der Waals surface area (Å²) in [5.74, 6) is -2.35. The molecule has 0 aliphatic carbocycles. The number of aliphatic carboxylic acids is 1. The van der Waals surface area contributed by atoms with Crippen molar-refractivity contribution in [2.24, 2.45) is 5.92 Å². The average molecular weight is 450 g/mol. The number of H-pyrrole nitrogens is 1. The van der Waals surface area contributed by atoms with Crippen molar-refractivity contribution in [1.29, 1.82) is 0 Å². The van der Waals surface area contributed by atoms with Crippen LogP contribution in [0.15, 0.2) is 27.5 Å². The van der Waals surface area contributed by atoms with Gasteiger partial charge in [-0.15, -0.1) is 11.8 Å². The Balaban J connectivity index is 0.00000210. The minimum atomic E-state index is -1.39. The van der Waals surface area contributed by atoms with Crippen LogP contribution in [0.25, 0.3) is 11.0 Å². The Kier molecular flexibility index (Phi) is 6.96. The van der Waals surface area contributed by atoms with Crippen molar-refractivity contribution in [3.63, 3.8) is 0 Å². The van der Waals surface area contributed by atoms with Gasteiger partial charge >= 0.3 is 51.4 Å². The molecule has 1 amide bonds. The molecule has 9 nitrogen and oxygen atoms in total. The van der Waals surface area contributed by atoms with Crippen LogP contribution >= 0.6 is 35.3 Å². The van der Waals surface area contributed by atoms with E-state index in [0.717, 1.165) is 10.4 Å².